The fraction of sp³-hybridized carbons (Fsp3) is 0.654. The van der Waals surface area contributed by atoms with Crippen molar-refractivity contribution in [3.8, 4) is 0 Å². The molecule has 3 aliphatic heterocycles. The Morgan fingerprint density at radius 3 is 2.23 bits per heavy atom. The van der Waals surface area contributed by atoms with Crippen molar-refractivity contribution in [2.24, 2.45) is 4.99 Å². The second-order valence-electron chi connectivity index (χ2n) is 12.2. The first-order valence-electron chi connectivity index (χ1n) is 12.3. The fourth-order valence-electron chi connectivity index (χ4n) is 4.79. The Balaban J connectivity index is 1.51. The van der Waals surface area contributed by atoms with Crippen molar-refractivity contribution >= 4 is 30.3 Å². The summed E-state index contributed by atoms with van der Waals surface area (Å²) in [5, 5.41) is 10.3. The molecule has 0 spiro atoms. The van der Waals surface area contributed by atoms with Crippen LogP contribution in [0.2, 0.25) is 0 Å². The van der Waals surface area contributed by atoms with Crippen LogP contribution in [0.5, 0.6) is 0 Å². The number of nitrogens with zero attached hydrogens (tertiary/aromatic N) is 2. The molecule has 190 valence electrons. The van der Waals surface area contributed by atoms with Crippen LogP contribution in [0.15, 0.2) is 29.3 Å². The van der Waals surface area contributed by atoms with E-state index in [1.165, 1.54) is 4.90 Å². The number of aliphatic hydroxyl groups excluding tert-OH is 1. The van der Waals surface area contributed by atoms with Crippen LogP contribution in [0.25, 0.3) is 0 Å². The van der Waals surface area contributed by atoms with Gasteiger partial charge in [-0.1, -0.05) is 24.3 Å². The largest absolute Gasteiger partial charge is 0.494 e. The Kier molecular flexibility index (Phi) is 6.22. The number of aliphatic imine (C=N–C) groups is 1. The van der Waals surface area contributed by atoms with E-state index in [1.54, 1.807) is 20.8 Å². The van der Waals surface area contributed by atoms with E-state index in [-0.39, 0.29) is 12.5 Å². The first-order valence-corrected chi connectivity index (χ1v) is 12.3. The minimum absolute atomic E-state index is 0.159. The van der Waals surface area contributed by atoms with Crippen molar-refractivity contribution in [3.05, 3.63) is 29.8 Å². The van der Waals surface area contributed by atoms with Crippen molar-refractivity contribution < 1.29 is 28.7 Å². The highest BCUT2D eigenvalue weighted by Crippen LogP contribution is 2.39. The Bertz CT molecular complexity index is 1030. The Labute approximate surface area is 208 Å². The number of carbonyl (C=O) groups excluding carboxylic acids is 2. The highest BCUT2D eigenvalue weighted by molar-refractivity contribution is 6.62. The summed E-state index contributed by atoms with van der Waals surface area (Å²) in [6.07, 6.45) is -0.480. The number of hydrogen-bond acceptors (Lipinski definition) is 6. The lowest BCUT2D eigenvalue weighted by molar-refractivity contribution is -0.121. The average molecular weight is 484 g/mol. The molecule has 4 rings (SSSR count). The highest BCUT2D eigenvalue weighted by Gasteiger charge is 2.52. The van der Waals surface area contributed by atoms with E-state index in [0.29, 0.717) is 18.6 Å². The molecule has 2 saturated heterocycles. The van der Waals surface area contributed by atoms with Gasteiger partial charge in [-0.25, -0.2) is 9.79 Å². The molecule has 1 N–H and O–H groups in total. The summed E-state index contributed by atoms with van der Waals surface area (Å²) in [6.45, 7) is 15.5. The van der Waals surface area contributed by atoms with Gasteiger partial charge in [0.05, 0.1) is 35.3 Å². The molecule has 0 aromatic heterocycles. The second-order valence-corrected chi connectivity index (χ2v) is 12.2. The van der Waals surface area contributed by atoms with Crippen LogP contribution in [0.3, 0.4) is 0 Å². The summed E-state index contributed by atoms with van der Waals surface area (Å²) in [5.41, 5.74) is -0.0415. The number of carbonyl (C=O) groups is 2. The summed E-state index contributed by atoms with van der Waals surface area (Å²) in [6, 6.07) is 7.24. The normalized spacial score (nSPS) is 30.1. The fourth-order valence-corrected chi connectivity index (χ4v) is 4.79. The molecule has 0 saturated carbocycles. The Hall–Kier alpha value is -2.23. The van der Waals surface area contributed by atoms with Crippen molar-refractivity contribution in [3.63, 3.8) is 0 Å². The van der Waals surface area contributed by atoms with E-state index in [1.807, 2.05) is 58.9 Å². The van der Waals surface area contributed by atoms with Gasteiger partial charge in [-0.05, 0) is 66.4 Å². The first kappa shape index (κ1) is 25.9. The molecule has 8 nitrogen and oxygen atoms in total. The number of ether oxygens (including phenoxy) is 1. The molecule has 9 heteroatoms. The predicted octanol–water partition coefficient (Wildman–Crippen LogP) is 2.99. The molecule has 2 unspecified atom stereocenters. The van der Waals surface area contributed by atoms with Crippen molar-refractivity contribution in [2.75, 3.05) is 6.54 Å². The number of likely N-dealkylation sites (tertiary alicyclic amines) is 1. The van der Waals surface area contributed by atoms with Gasteiger partial charge in [0.15, 0.2) is 0 Å². The minimum Gasteiger partial charge on any atom is -0.444 e. The molecule has 0 aliphatic carbocycles. The number of hydrogen-bond donors (Lipinski definition) is 1. The van der Waals surface area contributed by atoms with E-state index in [0.717, 1.165) is 11.0 Å². The van der Waals surface area contributed by atoms with E-state index >= 15 is 0 Å². The van der Waals surface area contributed by atoms with Gasteiger partial charge in [0.2, 0.25) is 0 Å². The highest BCUT2D eigenvalue weighted by atomic mass is 16.7. The number of benzene rings is 1. The predicted molar refractivity (Wildman–Crippen MR) is 134 cm³/mol. The molecule has 3 atom stereocenters. The molecule has 0 bridgehead atoms. The summed E-state index contributed by atoms with van der Waals surface area (Å²) >= 11 is 0. The van der Waals surface area contributed by atoms with Crippen LogP contribution in [0.1, 0.15) is 73.8 Å². The maximum absolute atomic E-state index is 13.1. The van der Waals surface area contributed by atoms with E-state index in [9.17, 15) is 14.7 Å². The van der Waals surface area contributed by atoms with Crippen LogP contribution in [-0.4, -0.2) is 70.3 Å². The molecule has 2 fully saturated rings. The molecule has 35 heavy (non-hydrogen) atoms. The third-order valence-corrected chi connectivity index (χ3v) is 7.62. The van der Waals surface area contributed by atoms with Crippen molar-refractivity contribution in [2.45, 2.75) is 103 Å². The van der Waals surface area contributed by atoms with Gasteiger partial charge in [0.25, 0.3) is 5.91 Å². The van der Waals surface area contributed by atoms with Crippen LogP contribution in [-0.2, 0) is 24.3 Å². The van der Waals surface area contributed by atoms with E-state index in [4.69, 9.17) is 14.0 Å². The topological polar surface area (TPSA) is 97.7 Å². The molecular formula is C26H37BN2O6. The van der Waals surface area contributed by atoms with Crippen LogP contribution in [0.4, 0.5) is 4.79 Å². The number of amides is 2. The lowest BCUT2D eigenvalue weighted by Gasteiger charge is -2.32. The van der Waals surface area contributed by atoms with Crippen LogP contribution < -0.4 is 5.46 Å². The van der Waals surface area contributed by atoms with Crippen LogP contribution in [0, 0.1) is 0 Å². The van der Waals surface area contributed by atoms with E-state index in [2.05, 4.69) is 4.99 Å². The third-order valence-electron chi connectivity index (χ3n) is 7.62. The van der Waals surface area contributed by atoms with Gasteiger partial charge in [-0.15, -0.1) is 0 Å². The van der Waals surface area contributed by atoms with Gasteiger partial charge in [0, 0.05) is 18.6 Å². The monoisotopic (exact) mass is 484 g/mol. The maximum atomic E-state index is 13.1. The molecule has 2 amide bonds. The SMILES string of the molecule is CC(C)(C)OC(=O)N1C[C@H](O)CC1C1=NC(=O)C(C)(c2ccc(B3OC(C)(C)C(C)(C)O3)cc2)C1. The summed E-state index contributed by atoms with van der Waals surface area (Å²) < 4.78 is 17.8. The van der Waals surface area contributed by atoms with Gasteiger partial charge < -0.3 is 19.2 Å². The Morgan fingerprint density at radius 1 is 1.11 bits per heavy atom. The summed E-state index contributed by atoms with van der Waals surface area (Å²) in [5.74, 6) is -0.249. The molecule has 1 aromatic rings. The van der Waals surface area contributed by atoms with Crippen molar-refractivity contribution in [1.29, 1.82) is 0 Å². The zero-order valence-corrected chi connectivity index (χ0v) is 22.0. The van der Waals surface area contributed by atoms with Gasteiger partial charge in [-0.2, -0.15) is 0 Å². The zero-order chi connectivity index (χ0) is 26.0. The van der Waals surface area contributed by atoms with Gasteiger partial charge in [-0.3, -0.25) is 9.69 Å². The van der Waals surface area contributed by atoms with Gasteiger partial charge >= 0.3 is 13.2 Å². The third kappa shape index (κ3) is 4.78. The second kappa shape index (κ2) is 8.42. The number of β-amino-alcohol motifs (C(OH)–C–C–N with tert-alkyl or cyclic N) is 1. The lowest BCUT2D eigenvalue weighted by Crippen LogP contribution is -2.43. The molecule has 1 aromatic carbocycles. The standard InChI is InChI=1S/C26H37BN2O6/c1-23(2,3)33-22(32)29-15-18(30)13-20(29)19-14-26(8,21(31)28-19)16-9-11-17(12-10-16)27-34-24(4,5)25(6,7)35-27/h9-12,18,20,30H,13-15H2,1-8H3/t18-,20?,26?/m1/s1. The van der Waals surface area contributed by atoms with E-state index < -0.39 is 47.6 Å². The Morgan fingerprint density at radius 2 is 1.69 bits per heavy atom. The molecule has 0 radical (unpaired) electrons. The number of aliphatic hydroxyl groups is 1. The molecule has 3 aliphatic rings. The zero-order valence-electron chi connectivity index (χ0n) is 22.0. The first-order chi connectivity index (χ1) is 16.0. The van der Waals surface area contributed by atoms with Crippen LogP contribution >= 0.6 is 0 Å². The summed E-state index contributed by atoms with van der Waals surface area (Å²) in [7, 11) is -0.477. The van der Waals surface area contributed by atoms with Crippen molar-refractivity contribution in [1.82, 2.24) is 4.90 Å². The number of rotatable bonds is 3. The maximum Gasteiger partial charge on any atom is 0.494 e. The van der Waals surface area contributed by atoms with Gasteiger partial charge in [0.1, 0.15) is 5.60 Å². The quantitative estimate of drug-likeness (QED) is 0.663. The lowest BCUT2D eigenvalue weighted by atomic mass is 9.74. The molecular weight excluding hydrogens is 447 g/mol. The smallest absolute Gasteiger partial charge is 0.444 e. The average Bonchev–Trinajstić information content (AvgIpc) is 3.33. The minimum atomic E-state index is -0.850. The molecule has 3 heterocycles. The summed E-state index contributed by atoms with van der Waals surface area (Å²) in [4.78, 5) is 31.8.